The Bertz CT molecular complexity index is 576. The van der Waals surface area contributed by atoms with E-state index in [0.717, 1.165) is 12.0 Å². The van der Waals surface area contributed by atoms with Gasteiger partial charge in [-0.3, -0.25) is 0 Å². The number of carbonyl (C=O) groups is 1. The highest BCUT2D eigenvalue weighted by molar-refractivity contribution is 5.91. The van der Waals surface area contributed by atoms with Crippen LogP contribution in [0.3, 0.4) is 0 Å². The molecular weight excluding hydrogens is 252 g/mol. The zero-order valence-electron chi connectivity index (χ0n) is 11.8. The first kappa shape index (κ1) is 14.1. The van der Waals surface area contributed by atoms with E-state index in [9.17, 15) is 4.79 Å². The van der Waals surface area contributed by atoms with Gasteiger partial charge in [-0.05, 0) is 43.2 Å². The van der Waals surface area contributed by atoms with E-state index in [0.29, 0.717) is 23.7 Å². The number of aryl methyl sites for hydroxylation is 1. The van der Waals surface area contributed by atoms with Gasteiger partial charge in [0.1, 0.15) is 0 Å². The van der Waals surface area contributed by atoms with Crippen LogP contribution in [0.15, 0.2) is 48.5 Å². The molecule has 0 spiro atoms. The molecule has 0 fully saturated rings. The molecule has 2 rings (SSSR count). The van der Waals surface area contributed by atoms with Crippen molar-refractivity contribution in [3.8, 4) is 11.5 Å². The van der Waals surface area contributed by atoms with Crippen molar-refractivity contribution in [2.75, 3.05) is 6.61 Å². The molecule has 0 atom stereocenters. The lowest BCUT2D eigenvalue weighted by atomic mass is 10.1. The second kappa shape index (κ2) is 6.75. The van der Waals surface area contributed by atoms with Gasteiger partial charge in [-0.1, -0.05) is 31.2 Å². The van der Waals surface area contributed by atoms with Crippen LogP contribution in [0.2, 0.25) is 0 Å². The van der Waals surface area contributed by atoms with Crippen molar-refractivity contribution in [2.24, 2.45) is 0 Å². The van der Waals surface area contributed by atoms with Crippen LogP contribution in [0.1, 0.15) is 29.8 Å². The van der Waals surface area contributed by atoms with Crippen LogP contribution in [-0.2, 0) is 6.42 Å². The number of carbonyl (C=O) groups excluding carboxylic acids is 1. The number of benzene rings is 2. The molecule has 0 amide bonds. The number of hydrogen-bond donors (Lipinski definition) is 0. The van der Waals surface area contributed by atoms with Gasteiger partial charge in [-0.25, -0.2) is 4.79 Å². The summed E-state index contributed by atoms with van der Waals surface area (Å²) in [6.45, 7) is 4.51. The second-order valence-electron chi connectivity index (χ2n) is 4.32. The Morgan fingerprint density at radius 2 is 1.75 bits per heavy atom. The van der Waals surface area contributed by atoms with Crippen LogP contribution < -0.4 is 9.47 Å². The van der Waals surface area contributed by atoms with Crippen molar-refractivity contribution < 1.29 is 14.3 Å². The van der Waals surface area contributed by atoms with Crippen molar-refractivity contribution in [1.82, 2.24) is 0 Å². The van der Waals surface area contributed by atoms with Gasteiger partial charge in [0.15, 0.2) is 11.5 Å². The van der Waals surface area contributed by atoms with E-state index >= 15 is 0 Å². The summed E-state index contributed by atoms with van der Waals surface area (Å²) in [6.07, 6.45) is 0.910. The zero-order valence-corrected chi connectivity index (χ0v) is 11.8. The molecule has 0 aromatic heterocycles. The average Bonchev–Trinajstić information content (AvgIpc) is 2.50. The van der Waals surface area contributed by atoms with Gasteiger partial charge in [0.05, 0.1) is 12.2 Å². The number of hydrogen-bond acceptors (Lipinski definition) is 3. The number of esters is 1. The molecule has 2 aromatic rings. The lowest BCUT2D eigenvalue weighted by molar-refractivity contribution is 0.0728. The minimum absolute atomic E-state index is 0.379. The van der Waals surface area contributed by atoms with Crippen molar-refractivity contribution in [2.45, 2.75) is 20.3 Å². The fraction of sp³-hybridized carbons (Fsp3) is 0.235. The van der Waals surface area contributed by atoms with E-state index in [4.69, 9.17) is 9.47 Å². The maximum Gasteiger partial charge on any atom is 0.343 e. The summed E-state index contributed by atoms with van der Waals surface area (Å²) in [6, 6.07) is 14.6. The molecule has 104 valence electrons. The summed E-state index contributed by atoms with van der Waals surface area (Å²) < 4.78 is 11.0. The van der Waals surface area contributed by atoms with Crippen molar-refractivity contribution in [3.05, 3.63) is 59.7 Å². The fourth-order valence-electron chi connectivity index (χ4n) is 1.86. The first-order chi connectivity index (χ1) is 9.74. The molecule has 0 radical (unpaired) electrons. The Kier molecular flexibility index (Phi) is 4.77. The van der Waals surface area contributed by atoms with Gasteiger partial charge in [-0.2, -0.15) is 0 Å². The summed E-state index contributed by atoms with van der Waals surface area (Å²) in [5.74, 6) is 0.685. The van der Waals surface area contributed by atoms with Crippen LogP contribution >= 0.6 is 0 Å². The van der Waals surface area contributed by atoms with E-state index in [2.05, 4.69) is 6.92 Å². The Balaban J connectivity index is 2.22. The average molecular weight is 270 g/mol. The summed E-state index contributed by atoms with van der Waals surface area (Å²) in [5.41, 5.74) is 1.67. The monoisotopic (exact) mass is 270 g/mol. The Labute approximate surface area is 119 Å². The molecule has 0 N–H and O–H groups in total. The smallest absolute Gasteiger partial charge is 0.343 e. The highest BCUT2D eigenvalue weighted by Crippen LogP contribution is 2.29. The molecule has 2 aromatic carbocycles. The van der Waals surface area contributed by atoms with Crippen molar-refractivity contribution >= 4 is 5.97 Å². The predicted octanol–water partition coefficient (Wildman–Crippen LogP) is 3.87. The molecule has 3 nitrogen and oxygen atoms in total. The molecule has 0 bridgehead atoms. The molecule has 0 aliphatic rings. The molecule has 0 saturated heterocycles. The third kappa shape index (κ3) is 3.38. The fourth-order valence-corrected chi connectivity index (χ4v) is 1.86. The quantitative estimate of drug-likeness (QED) is 0.611. The molecule has 0 aliphatic carbocycles. The van der Waals surface area contributed by atoms with E-state index in [1.807, 2.05) is 25.1 Å². The molecule has 20 heavy (non-hydrogen) atoms. The topological polar surface area (TPSA) is 35.5 Å². The minimum atomic E-state index is -0.379. The zero-order chi connectivity index (χ0) is 14.4. The van der Waals surface area contributed by atoms with Crippen LogP contribution in [0, 0.1) is 0 Å². The third-order valence-corrected chi connectivity index (χ3v) is 2.93. The molecule has 3 heteroatoms. The molecular formula is C17H18O3. The Morgan fingerprint density at radius 1 is 1.00 bits per heavy atom. The first-order valence-corrected chi connectivity index (χ1v) is 6.77. The predicted molar refractivity (Wildman–Crippen MR) is 78.4 cm³/mol. The Hall–Kier alpha value is -2.29. The van der Waals surface area contributed by atoms with E-state index in [-0.39, 0.29) is 5.97 Å². The normalized spacial score (nSPS) is 10.1. The van der Waals surface area contributed by atoms with Gasteiger partial charge in [0.25, 0.3) is 0 Å². The summed E-state index contributed by atoms with van der Waals surface area (Å²) in [4.78, 5) is 12.0. The molecule has 0 heterocycles. The van der Waals surface area contributed by atoms with Gasteiger partial charge in [0.2, 0.25) is 0 Å². The standard InChI is InChI=1S/C17H18O3/c1-3-13-10-11-15(16(12-13)19-4-2)20-17(18)14-8-6-5-7-9-14/h5-12H,3-4H2,1-2H3. The molecule has 0 saturated carbocycles. The highest BCUT2D eigenvalue weighted by atomic mass is 16.6. The lowest BCUT2D eigenvalue weighted by Gasteiger charge is -2.11. The van der Waals surface area contributed by atoms with E-state index in [1.54, 1.807) is 30.3 Å². The van der Waals surface area contributed by atoms with Gasteiger partial charge < -0.3 is 9.47 Å². The van der Waals surface area contributed by atoms with Crippen LogP contribution in [-0.4, -0.2) is 12.6 Å². The largest absolute Gasteiger partial charge is 0.490 e. The second-order valence-corrected chi connectivity index (χ2v) is 4.32. The van der Waals surface area contributed by atoms with E-state index < -0.39 is 0 Å². The SMILES string of the molecule is CCOc1cc(CC)ccc1OC(=O)c1ccccc1. The summed E-state index contributed by atoms with van der Waals surface area (Å²) in [7, 11) is 0. The number of rotatable bonds is 5. The van der Waals surface area contributed by atoms with Crippen LogP contribution in [0.4, 0.5) is 0 Å². The van der Waals surface area contributed by atoms with Crippen LogP contribution in [0.5, 0.6) is 11.5 Å². The summed E-state index contributed by atoms with van der Waals surface area (Å²) in [5, 5.41) is 0. The Morgan fingerprint density at radius 3 is 2.40 bits per heavy atom. The highest BCUT2D eigenvalue weighted by Gasteiger charge is 2.12. The maximum absolute atomic E-state index is 12.0. The van der Waals surface area contributed by atoms with Crippen molar-refractivity contribution in [3.63, 3.8) is 0 Å². The van der Waals surface area contributed by atoms with E-state index in [1.165, 1.54) is 0 Å². The summed E-state index contributed by atoms with van der Waals surface area (Å²) >= 11 is 0. The van der Waals surface area contributed by atoms with Gasteiger partial charge >= 0.3 is 5.97 Å². The third-order valence-electron chi connectivity index (χ3n) is 2.93. The minimum Gasteiger partial charge on any atom is -0.490 e. The maximum atomic E-state index is 12.0. The first-order valence-electron chi connectivity index (χ1n) is 6.77. The lowest BCUT2D eigenvalue weighted by Crippen LogP contribution is -2.09. The van der Waals surface area contributed by atoms with Crippen molar-refractivity contribution in [1.29, 1.82) is 0 Å². The molecule has 0 aliphatic heterocycles. The van der Waals surface area contributed by atoms with Crippen LogP contribution in [0.25, 0.3) is 0 Å². The number of ether oxygens (including phenoxy) is 2. The van der Waals surface area contributed by atoms with Gasteiger partial charge in [0, 0.05) is 0 Å². The molecule has 0 unspecified atom stereocenters. The van der Waals surface area contributed by atoms with Gasteiger partial charge in [-0.15, -0.1) is 0 Å².